The summed E-state index contributed by atoms with van der Waals surface area (Å²) < 4.78 is 0. The SMILES string of the molecule is CCC(C(=O)O)c1ccc(C(C)(C)C)cn1. The van der Waals surface area contributed by atoms with Crippen molar-refractivity contribution < 1.29 is 9.90 Å². The van der Waals surface area contributed by atoms with E-state index in [0.29, 0.717) is 12.1 Å². The van der Waals surface area contributed by atoms with Gasteiger partial charge in [-0.25, -0.2) is 0 Å². The minimum Gasteiger partial charge on any atom is -0.481 e. The molecule has 0 bridgehead atoms. The fourth-order valence-electron chi connectivity index (χ4n) is 1.57. The second-order valence-electron chi connectivity index (χ2n) is 5.02. The van der Waals surface area contributed by atoms with Crippen molar-refractivity contribution in [2.45, 2.75) is 45.4 Å². The zero-order valence-corrected chi connectivity index (χ0v) is 10.3. The maximum absolute atomic E-state index is 11.0. The van der Waals surface area contributed by atoms with Gasteiger partial charge in [-0.3, -0.25) is 9.78 Å². The molecule has 16 heavy (non-hydrogen) atoms. The van der Waals surface area contributed by atoms with Crippen LogP contribution in [0.25, 0.3) is 0 Å². The van der Waals surface area contributed by atoms with Crippen molar-refractivity contribution in [1.29, 1.82) is 0 Å². The molecular formula is C13H19NO2. The van der Waals surface area contributed by atoms with Crippen LogP contribution in [-0.4, -0.2) is 16.1 Å². The van der Waals surface area contributed by atoms with Gasteiger partial charge >= 0.3 is 5.97 Å². The summed E-state index contributed by atoms with van der Waals surface area (Å²) >= 11 is 0. The smallest absolute Gasteiger partial charge is 0.312 e. The molecule has 1 aromatic rings. The van der Waals surface area contributed by atoms with Crippen molar-refractivity contribution in [1.82, 2.24) is 4.98 Å². The number of aliphatic carboxylic acids is 1. The second kappa shape index (κ2) is 4.64. The molecule has 1 heterocycles. The van der Waals surface area contributed by atoms with Crippen LogP contribution in [0, 0.1) is 0 Å². The Morgan fingerprint density at radius 1 is 1.44 bits per heavy atom. The summed E-state index contributed by atoms with van der Waals surface area (Å²) in [6, 6.07) is 3.79. The van der Waals surface area contributed by atoms with E-state index in [9.17, 15) is 4.79 Å². The van der Waals surface area contributed by atoms with Crippen LogP contribution in [-0.2, 0) is 10.2 Å². The molecule has 0 radical (unpaired) electrons. The van der Waals surface area contributed by atoms with Gasteiger partial charge in [0.15, 0.2) is 0 Å². The van der Waals surface area contributed by atoms with Crippen LogP contribution in [0.4, 0.5) is 0 Å². The van der Waals surface area contributed by atoms with Crippen molar-refractivity contribution in [3.05, 3.63) is 29.6 Å². The second-order valence-corrected chi connectivity index (χ2v) is 5.02. The molecule has 3 nitrogen and oxygen atoms in total. The molecule has 0 fully saturated rings. The number of rotatable bonds is 3. The first kappa shape index (κ1) is 12.7. The lowest BCUT2D eigenvalue weighted by atomic mass is 9.88. The third-order valence-electron chi connectivity index (χ3n) is 2.72. The van der Waals surface area contributed by atoms with E-state index in [1.807, 2.05) is 19.1 Å². The number of nitrogens with zero attached hydrogens (tertiary/aromatic N) is 1. The Morgan fingerprint density at radius 2 is 2.06 bits per heavy atom. The van der Waals surface area contributed by atoms with Crippen LogP contribution in [0.5, 0.6) is 0 Å². The molecule has 0 saturated heterocycles. The summed E-state index contributed by atoms with van der Waals surface area (Å²) in [5.41, 5.74) is 1.82. The van der Waals surface area contributed by atoms with Crippen LogP contribution in [0.3, 0.4) is 0 Å². The maximum atomic E-state index is 11.0. The quantitative estimate of drug-likeness (QED) is 0.853. The van der Waals surface area contributed by atoms with Crippen molar-refractivity contribution in [3.63, 3.8) is 0 Å². The number of pyridine rings is 1. The van der Waals surface area contributed by atoms with E-state index in [4.69, 9.17) is 5.11 Å². The molecule has 0 aliphatic carbocycles. The molecule has 0 amide bonds. The van der Waals surface area contributed by atoms with Gasteiger partial charge in [-0.1, -0.05) is 33.8 Å². The normalized spacial score (nSPS) is 13.5. The van der Waals surface area contributed by atoms with Crippen molar-refractivity contribution in [2.24, 2.45) is 0 Å². The summed E-state index contributed by atoms with van der Waals surface area (Å²) in [5.74, 6) is -1.30. The van der Waals surface area contributed by atoms with Crippen LogP contribution < -0.4 is 0 Å². The Hall–Kier alpha value is -1.38. The fraction of sp³-hybridized carbons (Fsp3) is 0.538. The van der Waals surface area contributed by atoms with E-state index >= 15 is 0 Å². The average Bonchev–Trinajstić information content (AvgIpc) is 2.17. The highest BCUT2D eigenvalue weighted by atomic mass is 16.4. The first-order chi connectivity index (χ1) is 7.36. The molecule has 0 spiro atoms. The maximum Gasteiger partial charge on any atom is 0.312 e. The van der Waals surface area contributed by atoms with Crippen molar-refractivity contribution in [2.75, 3.05) is 0 Å². The Bertz CT molecular complexity index is 363. The van der Waals surface area contributed by atoms with Crippen molar-refractivity contribution in [3.8, 4) is 0 Å². The average molecular weight is 221 g/mol. The molecule has 1 rings (SSSR count). The minimum atomic E-state index is -0.807. The van der Waals surface area contributed by atoms with Gasteiger partial charge in [0, 0.05) is 6.20 Å². The van der Waals surface area contributed by atoms with E-state index in [2.05, 4.69) is 25.8 Å². The summed E-state index contributed by atoms with van der Waals surface area (Å²) in [6.07, 6.45) is 2.35. The van der Waals surface area contributed by atoms with E-state index in [0.717, 1.165) is 5.56 Å². The highest BCUT2D eigenvalue weighted by Crippen LogP contribution is 2.23. The lowest BCUT2D eigenvalue weighted by Crippen LogP contribution is -2.15. The van der Waals surface area contributed by atoms with Gasteiger partial charge < -0.3 is 5.11 Å². The number of carboxylic acids is 1. The van der Waals surface area contributed by atoms with Gasteiger partial charge in [-0.15, -0.1) is 0 Å². The summed E-state index contributed by atoms with van der Waals surface area (Å²) in [5, 5.41) is 9.02. The Kier molecular flexibility index (Phi) is 3.68. The molecule has 1 unspecified atom stereocenters. The lowest BCUT2D eigenvalue weighted by Gasteiger charge is -2.19. The minimum absolute atomic E-state index is 0.0520. The summed E-state index contributed by atoms with van der Waals surface area (Å²) in [7, 11) is 0. The number of aromatic nitrogens is 1. The zero-order valence-electron chi connectivity index (χ0n) is 10.3. The first-order valence-corrected chi connectivity index (χ1v) is 5.55. The Balaban J connectivity index is 2.98. The van der Waals surface area contributed by atoms with E-state index in [-0.39, 0.29) is 5.41 Å². The van der Waals surface area contributed by atoms with Gasteiger partial charge in [0.05, 0.1) is 11.6 Å². The number of hydrogen-bond acceptors (Lipinski definition) is 2. The van der Waals surface area contributed by atoms with Crippen molar-refractivity contribution >= 4 is 5.97 Å². The Labute approximate surface area is 96.5 Å². The molecule has 1 atom stereocenters. The van der Waals surface area contributed by atoms with Crippen LogP contribution in [0.15, 0.2) is 18.3 Å². The third-order valence-corrected chi connectivity index (χ3v) is 2.72. The monoisotopic (exact) mass is 221 g/mol. The van der Waals surface area contributed by atoms with Gasteiger partial charge in [-0.05, 0) is 23.5 Å². The fourth-order valence-corrected chi connectivity index (χ4v) is 1.57. The largest absolute Gasteiger partial charge is 0.481 e. The molecule has 88 valence electrons. The number of carboxylic acid groups (broad SMARTS) is 1. The zero-order chi connectivity index (χ0) is 12.3. The molecule has 3 heteroatoms. The van der Waals surface area contributed by atoms with Crippen LogP contribution >= 0.6 is 0 Å². The predicted molar refractivity (Wildman–Crippen MR) is 63.6 cm³/mol. The molecule has 0 aromatic carbocycles. The molecule has 0 aliphatic heterocycles. The molecule has 1 aromatic heterocycles. The van der Waals surface area contributed by atoms with E-state index in [1.54, 1.807) is 6.20 Å². The van der Waals surface area contributed by atoms with Crippen LogP contribution in [0.2, 0.25) is 0 Å². The van der Waals surface area contributed by atoms with E-state index < -0.39 is 11.9 Å². The highest BCUT2D eigenvalue weighted by Gasteiger charge is 2.20. The third kappa shape index (κ3) is 2.81. The first-order valence-electron chi connectivity index (χ1n) is 5.55. The number of hydrogen-bond donors (Lipinski definition) is 1. The Morgan fingerprint density at radius 3 is 2.38 bits per heavy atom. The molecular weight excluding hydrogens is 202 g/mol. The molecule has 1 N–H and O–H groups in total. The van der Waals surface area contributed by atoms with Gasteiger partial charge in [0.25, 0.3) is 0 Å². The van der Waals surface area contributed by atoms with Crippen LogP contribution in [0.1, 0.15) is 51.3 Å². The lowest BCUT2D eigenvalue weighted by molar-refractivity contribution is -0.138. The number of carbonyl (C=O) groups is 1. The molecule has 0 aliphatic rings. The van der Waals surface area contributed by atoms with E-state index in [1.165, 1.54) is 0 Å². The van der Waals surface area contributed by atoms with Gasteiger partial charge in [0.2, 0.25) is 0 Å². The topological polar surface area (TPSA) is 50.2 Å². The van der Waals surface area contributed by atoms with Gasteiger partial charge in [-0.2, -0.15) is 0 Å². The predicted octanol–water partition coefficient (Wildman–Crippen LogP) is 2.96. The standard InChI is InChI=1S/C13H19NO2/c1-5-10(12(15)16)11-7-6-9(8-14-11)13(2,3)4/h6-8,10H,5H2,1-4H3,(H,15,16). The highest BCUT2D eigenvalue weighted by molar-refractivity contribution is 5.75. The summed E-state index contributed by atoms with van der Waals surface area (Å²) in [4.78, 5) is 15.2. The summed E-state index contributed by atoms with van der Waals surface area (Å²) in [6.45, 7) is 8.19. The van der Waals surface area contributed by atoms with Gasteiger partial charge in [0.1, 0.15) is 0 Å². The molecule has 0 saturated carbocycles.